The van der Waals surface area contributed by atoms with Crippen LogP contribution in [0, 0.1) is 0 Å². The highest BCUT2D eigenvalue weighted by Gasteiger charge is 2.33. The molecular formula is C68H84Cl4N14O9. The van der Waals surface area contributed by atoms with Gasteiger partial charge in [-0.05, 0) is 198 Å². The van der Waals surface area contributed by atoms with Crippen LogP contribution in [0.4, 0.5) is 0 Å². The molecule has 0 saturated heterocycles. The Morgan fingerprint density at radius 2 is 0.958 bits per heavy atom. The number of carboxylic acid groups (broad SMARTS) is 1. The second-order valence-corrected chi connectivity index (χ2v) is 24.7. The molecule has 0 radical (unpaired) electrons. The van der Waals surface area contributed by atoms with Crippen LogP contribution < -0.4 is 31.6 Å². The predicted octanol–water partition coefficient (Wildman–Crippen LogP) is 8.37. The smallest absolute Gasteiger partial charge is 0.317 e. The second-order valence-electron chi connectivity index (χ2n) is 23.1. The van der Waals surface area contributed by atoms with E-state index in [1.54, 1.807) is 160 Å². The minimum absolute atomic E-state index is 0.0346. The highest BCUT2D eigenvalue weighted by molar-refractivity contribution is 6.42. The normalized spacial score (nSPS) is 11.9. The molecule has 0 fully saturated rings. The van der Waals surface area contributed by atoms with Gasteiger partial charge in [-0.1, -0.05) is 58.5 Å². The summed E-state index contributed by atoms with van der Waals surface area (Å²) in [4.78, 5) is 108. The van der Waals surface area contributed by atoms with Crippen molar-refractivity contribution in [1.82, 2.24) is 63.8 Å². The first-order chi connectivity index (χ1) is 45.3. The third kappa shape index (κ3) is 22.2. The molecule has 2 unspecified atom stereocenters. The van der Waals surface area contributed by atoms with E-state index >= 15 is 0 Å². The molecule has 0 aliphatic heterocycles. The summed E-state index contributed by atoms with van der Waals surface area (Å²) in [7, 11) is 14.8. The molecule has 27 heteroatoms. The summed E-state index contributed by atoms with van der Waals surface area (Å²) < 4.78 is 14.3. The molecule has 3 amide bonds. The number of benzene rings is 4. The number of pyridine rings is 2. The van der Waals surface area contributed by atoms with Crippen LogP contribution in [0.2, 0.25) is 20.1 Å². The number of nitrogens with one attached hydrogen (secondary N) is 1. The van der Waals surface area contributed by atoms with Gasteiger partial charge in [0, 0.05) is 45.1 Å². The molecule has 8 aromatic rings. The van der Waals surface area contributed by atoms with E-state index in [4.69, 9.17) is 76.7 Å². The Morgan fingerprint density at radius 1 is 0.547 bits per heavy atom. The van der Waals surface area contributed by atoms with E-state index in [0.717, 1.165) is 5.56 Å². The largest absolute Gasteiger partial charge is 0.494 e. The van der Waals surface area contributed by atoms with Gasteiger partial charge in [0.25, 0.3) is 11.1 Å². The van der Waals surface area contributed by atoms with Crippen molar-refractivity contribution in [1.29, 1.82) is 0 Å². The average molecular weight is 1380 g/mol. The van der Waals surface area contributed by atoms with E-state index in [1.165, 1.54) is 4.57 Å². The summed E-state index contributed by atoms with van der Waals surface area (Å²) >= 11 is 24.8. The topological polar surface area (TPSA) is 260 Å². The lowest BCUT2D eigenvalue weighted by atomic mass is 10.1. The van der Waals surface area contributed by atoms with E-state index in [9.17, 15) is 28.8 Å². The number of hydrogen-bond acceptors (Lipinski definition) is 17. The van der Waals surface area contributed by atoms with Gasteiger partial charge in [-0.15, -0.1) is 0 Å². The Kier molecular flexibility index (Phi) is 29.8. The quantitative estimate of drug-likeness (QED) is 0.0398. The van der Waals surface area contributed by atoms with Crippen LogP contribution >= 0.6 is 46.4 Å². The second kappa shape index (κ2) is 37.3. The molecule has 508 valence electrons. The SMILES string of the molecule is CCOc1ccc(-n2c(C(CCN)N(CCN(C)C)C(=O)Cc3ccc(Cl)c(Cl)c3)nc3ncccc3c2=O)cc1.CCOc1ccc(-n2c(C(CCNC(=O)CN(C)C)N(CCN(C)C)C(=O)Cc3ccc(Cl)c(Cl)c3)nc3ncccc3c2=O)cc1.CN(C)CC(=O)O. The molecule has 0 saturated carbocycles. The van der Waals surface area contributed by atoms with Gasteiger partial charge < -0.3 is 50.1 Å². The molecule has 4 heterocycles. The highest BCUT2D eigenvalue weighted by Crippen LogP contribution is 2.31. The molecule has 95 heavy (non-hydrogen) atoms. The molecule has 4 aromatic carbocycles. The Morgan fingerprint density at radius 3 is 1.31 bits per heavy atom. The lowest BCUT2D eigenvalue weighted by Crippen LogP contribution is -2.44. The number of hydrogen-bond donors (Lipinski definition) is 3. The van der Waals surface area contributed by atoms with Gasteiger partial charge in [0.15, 0.2) is 11.3 Å². The number of nitrogens with two attached hydrogens (primary N) is 1. The molecule has 2 atom stereocenters. The third-order valence-electron chi connectivity index (χ3n) is 14.5. The number of fused-ring (bicyclic) bond motifs is 2. The fraction of sp³-hybridized carbons (Fsp3) is 0.382. The summed E-state index contributed by atoms with van der Waals surface area (Å²) in [5, 5.41) is 13.3. The molecule has 0 aliphatic rings. The highest BCUT2D eigenvalue weighted by atomic mass is 35.5. The average Bonchev–Trinajstić information content (AvgIpc) is 0.768. The molecule has 8 rings (SSSR count). The van der Waals surface area contributed by atoms with Crippen LogP contribution in [-0.4, -0.2) is 209 Å². The van der Waals surface area contributed by atoms with Crippen LogP contribution in [0.25, 0.3) is 33.4 Å². The zero-order valence-electron chi connectivity index (χ0n) is 55.3. The van der Waals surface area contributed by atoms with Crippen LogP contribution in [0.1, 0.15) is 61.5 Å². The first kappa shape index (κ1) is 75.9. The molecule has 0 aliphatic carbocycles. The van der Waals surface area contributed by atoms with Crippen molar-refractivity contribution >= 4 is 92.2 Å². The van der Waals surface area contributed by atoms with Gasteiger partial charge in [0.05, 0.1) is 93.5 Å². The summed E-state index contributed by atoms with van der Waals surface area (Å²) in [6.45, 7) is 7.48. The van der Waals surface area contributed by atoms with Gasteiger partial charge in [-0.2, -0.15) is 0 Å². The van der Waals surface area contributed by atoms with Gasteiger partial charge >= 0.3 is 5.97 Å². The number of carbonyl (C=O) groups excluding carboxylic acids is 3. The van der Waals surface area contributed by atoms with Gasteiger partial charge in [0.1, 0.15) is 23.1 Å². The number of carbonyl (C=O) groups is 4. The molecule has 0 spiro atoms. The standard InChI is InChI=1S/C34H41Cl2N7O4.C30H34Cl2N6O3.C4H9NO2/c1-6-47-25-12-10-24(11-13-25)43-33(39-32-26(34(43)46)8-7-16-38-32)29(15-17-37-30(44)22-41(4)5)42(19-18-40(2)3)31(45)21-23-9-14-27(35)28(36)20-23;1-4-41-22-10-8-21(9-11-22)38-29(35-28-23(30(38)40)6-5-15-34-28)26(13-14-33)37(17-16-36(2)3)27(39)19-20-7-12-24(31)25(32)18-20;1-5(2)3-4(6)7/h7-14,16,20,29H,6,15,17-19,21-22H2,1-5H3,(H,37,44);5-12,15,18,26H,4,13-14,16-17,19,33H2,1-3H3;3H2,1-2H3,(H,6,7). The summed E-state index contributed by atoms with van der Waals surface area (Å²) in [6.07, 6.45) is 3.95. The van der Waals surface area contributed by atoms with E-state index in [1.807, 2.05) is 65.9 Å². The number of aromatic nitrogens is 6. The first-order valence-electron chi connectivity index (χ1n) is 30.8. The van der Waals surface area contributed by atoms with Crippen molar-refractivity contribution in [3.05, 3.63) is 185 Å². The zero-order chi connectivity index (χ0) is 69.5. The summed E-state index contributed by atoms with van der Waals surface area (Å²) in [5.41, 5.74) is 8.64. The lowest BCUT2D eigenvalue weighted by Gasteiger charge is -2.34. The van der Waals surface area contributed by atoms with Crippen molar-refractivity contribution in [3.8, 4) is 22.9 Å². The van der Waals surface area contributed by atoms with Crippen molar-refractivity contribution < 1.29 is 33.8 Å². The van der Waals surface area contributed by atoms with E-state index in [2.05, 4.69) is 15.3 Å². The van der Waals surface area contributed by atoms with E-state index < -0.39 is 18.1 Å². The van der Waals surface area contributed by atoms with Crippen LogP contribution in [0.15, 0.2) is 131 Å². The van der Waals surface area contributed by atoms with Crippen molar-refractivity contribution in [2.24, 2.45) is 5.73 Å². The van der Waals surface area contributed by atoms with Gasteiger partial charge in [-0.3, -0.25) is 42.8 Å². The molecular weight excluding hydrogens is 1300 g/mol. The number of carboxylic acids is 1. The van der Waals surface area contributed by atoms with E-state index in [-0.39, 0.29) is 79.9 Å². The number of likely N-dealkylation sites (N-methyl/N-ethyl adjacent to an activating group) is 4. The van der Waals surface area contributed by atoms with Crippen LogP contribution in [-0.2, 0) is 32.0 Å². The maximum atomic E-state index is 14.3. The number of nitrogens with zero attached hydrogens (tertiary/aromatic N) is 12. The first-order valence-corrected chi connectivity index (χ1v) is 32.3. The third-order valence-corrected chi connectivity index (χ3v) is 16.0. The fourth-order valence-corrected chi connectivity index (χ4v) is 10.7. The minimum atomic E-state index is -0.787. The van der Waals surface area contributed by atoms with Crippen molar-refractivity contribution in [2.45, 2.75) is 51.6 Å². The number of amides is 3. The number of halogens is 4. The Labute approximate surface area is 573 Å². The summed E-state index contributed by atoms with van der Waals surface area (Å²) in [5.74, 6) is 0.749. The van der Waals surface area contributed by atoms with Gasteiger partial charge in [-0.25, -0.2) is 19.9 Å². The molecule has 0 bridgehead atoms. The summed E-state index contributed by atoms with van der Waals surface area (Å²) in [6, 6.07) is 30.1. The van der Waals surface area contributed by atoms with Crippen molar-refractivity contribution in [2.75, 3.05) is 122 Å². The predicted molar refractivity (Wildman–Crippen MR) is 375 cm³/mol. The zero-order valence-corrected chi connectivity index (χ0v) is 58.3. The monoisotopic (exact) mass is 1380 g/mol. The van der Waals surface area contributed by atoms with Crippen LogP contribution in [0.3, 0.4) is 0 Å². The maximum Gasteiger partial charge on any atom is 0.317 e. The number of aliphatic carboxylic acids is 1. The number of ether oxygens (including phenoxy) is 2. The van der Waals surface area contributed by atoms with Crippen molar-refractivity contribution in [3.63, 3.8) is 0 Å². The van der Waals surface area contributed by atoms with Crippen LogP contribution in [0.5, 0.6) is 11.5 Å². The van der Waals surface area contributed by atoms with E-state index in [0.29, 0.717) is 122 Å². The molecule has 23 nitrogen and oxygen atoms in total. The lowest BCUT2D eigenvalue weighted by molar-refractivity contribution is -0.138. The Hall–Kier alpha value is -8.10. The molecule has 4 N–H and O–H groups in total. The number of rotatable bonds is 29. The van der Waals surface area contributed by atoms with Gasteiger partial charge in [0.2, 0.25) is 17.7 Å². The maximum absolute atomic E-state index is 14.3. The molecule has 4 aromatic heterocycles. The fourth-order valence-electron chi connectivity index (χ4n) is 10.1. The Bertz CT molecular complexity index is 3990. The minimum Gasteiger partial charge on any atom is -0.494 e. The Balaban J connectivity index is 0.000000275.